The lowest BCUT2D eigenvalue weighted by Gasteiger charge is -2.41. The second-order valence-electron chi connectivity index (χ2n) is 12.0. The zero-order valence-electron chi connectivity index (χ0n) is 21.9. The predicted molar refractivity (Wildman–Crippen MR) is 133 cm³/mol. The first kappa shape index (κ1) is 24.0. The van der Waals surface area contributed by atoms with Crippen LogP contribution in [0.25, 0.3) is 0 Å². The molecule has 0 amide bonds. The number of methoxy groups -OCH3 is 1. The lowest BCUT2D eigenvalue weighted by Crippen LogP contribution is -2.49. The number of ether oxygens (including phenoxy) is 2. The van der Waals surface area contributed by atoms with Crippen molar-refractivity contribution in [2.45, 2.75) is 60.8 Å². The minimum atomic E-state index is -1.15. The Morgan fingerprint density at radius 1 is 1.14 bits per heavy atom. The van der Waals surface area contributed by atoms with Crippen molar-refractivity contribution >= 4 is 17.3 Å². The van der Waals surface area contributed by atoms with Crippen molar-refractivity contribution in [2.75, 3.05) is 7.11 Å². The molecule has 5 heteroatoms. The van der Waals surface area contributed by atoms with Gasteiger partial charge in [0.25, 0.3) is 0 Å². The standard InChI is InChI=1S/C30H36O5/c1-16-14-18(9-13-23(16)34-7)35-24-15-19-20-11-12-22(25-21(28(25,3)4)10-8-17(2)31)29(20,5)30(6,26(19)32)27(24)33/h9,12-15,19-21,25H,8,10-11H2,1-7H3/t19-,20-,21-,25-,29+,30+/m0/s1. The summed E-state index contributed by atoms with van der Waals surface area (Å²) in [6, 6.07) is 5.47. The summed E-state index contributed by atoms with van der Waals surface area (Å²) < 4.78 is 11.5. The number of Topliss-reactive ketones (excluding diaryl/α,β-unsaturated/α-hetero) is 3. The Balaban J connectivity index is 1.47. The van der Waals surface area contributed by atoms with Crippen molar-refractivity contribution < 1.29 is 23.9 Å². The SMILES string of the molecule is COc1ccc(OC2=C[C@@H]3C(=O)[C@](C)(C2=O)[C@@]2(C)C([C@@H]4[C@H](CCC(C)=O)C4(C)C)=CC[C@@H]32)cc1C. The largest absolute Gasteiger partial charge is 0.496 e. The first-order valence-electron chi connectivity index (χ1n) is 12.7. The minimum absolute atomic E-state index is 0.0256. The van der Waals surface area contributed by atoms with Crippen LogP contribution in [0.2, 0.25) is 0 Å². The van der Waals surface area contributed by atoms with E-state index in [-0.39, 0.29) is 40.4 Å². The Kier molecular flexibility index (Phi) is 5.25. The number of carbonyl (C=O) groups is 3. The highest BCUT2D eigenvalue weighted by molar-refractivity contribution is 6.19. The Labute approximate surface area is 207 Å². The van der Waals surface area contributed by atoms with Crippen LogP contribution in [0.3, 0.4) is 0 Å². The van der Waals surface area contributed by atoms with Crippen molar-refractivity contribution in [3.8, 4) is 11.5 Å². The van der Waals surface area contributed by atoms with E-state index in [4.69, 9.17) is 9.47 Å². The number of carbonyl (C=O) groups excluding carboxylic acids is 3. The van der Waals surface area contributed by atoms with Gasteiger partial charge in [0.2, 0.25) is 5.78 Å². The van der Waals surface area contributed by atoms with Gasteiger partial charge in [-0.3, -0.25) is 9.59 Å². The van der Waals surface area contributed by atoms with E-state index in [1.807, 2.05) is 26.0 Å². The molecule has 0 saturated heterocycles. The number of benzene rings is 1. The summed E-state index contributed by atoms with van der Waals surface area (Å²) in [4.78, 5) is 39.4. The van der Waals surface area contributed by atoms with Gasteiger partial charge in [-0.2, -0.15) is 0 Å². The molecule has 35 heavy (non-hydrogen) atoms. The molecule has 2 bridgehead atoms. The third-order valence-corrected chi connectivity index (χ3v) is 10.00. The van der Waals surface area contributed by atoms with E-state index >= 15 is 0 Å². The fraction of sp³-hybridized carbons (Fsp3) is 0.567. The van der Waals surface area contributed by atoms with Crippen molar-refractivity contribution in [1.82, 2.24) is 0 Å². The average Bonchev–Trinajstić information content (AvgIpc) is 3.10. The van der Waals surface area contributed by atoms with E-state index in [1.165, 1.54) is 5.57 Å². The van der Waals surface area contributed by atoms with Gasteiger partial charge in [0, 0.05) is 17.8 Å². The number of allylic oxidation sites excluding steroid dienone is 4. The first-order chi connectivity index (χ1) is 16.4. The van der Waals surface area contributed by atoms with Gasteiger partial charge in [0.1, 0.15) is 22.7 Å². The molecule has 4 aliphatic carbocycles. The molecule has 186 valence electrons. The molecule has 0 radical (unpaired) electrons. The van der Waals surface area contributed by atoms with Crippen molar-refractivity contribution in [1.29, 1.82) is 0 Å². The van der Waals surface area contributed by atoms with Crippen LogP contribution in [0.5, 0.6) is 11.5 Å². The van der Waals surface area contributed by atoms with Crippen LogP contribution >= 0.6 is 0 Å². The number of hydrogen-bond donors (Lipinski definition) is 0. The molecule has 5 rings (SSSR count). The molecular formula is C30H36O5. The van der Waals surface area contributed by atoms with Crippen LogP contribution in [-0.4, -0.2) is 24.5 Å². The molecule has 0 heterocycles. The number of aryl methyl sites for hydroxylation is 1. The van der Waals surface area contributed by atoms with Crippen LogP contribution in [-0.2, 0) is 14.4 Å². The molecule has 0 aromatic heterocycles. The van der Waals surface area contributed by atoms with E-state index in [0.29, 0.717) is 24.0 Å². The second kappa shape index (κ2) is 7.65. The van der Waals surface area contributed by atoms with Crippen LogP contribution in [0, 0.1) is 46.8 Å². The zero-order valence-corrected chi connectivity index (χ0v) is 21.9. The number of ketones is 3. The quantitative estimate of drug-likeness (QED) is 0.376. The monoisotopic (exact) mass is 476 g/mol. The molecule has 0 N–H and O–H groups in total. The Morgan fingerprint density at radius 2 is 1.86 bits per heavy atom. The third kappa shape index (κ3) is 3.09. The molecule has 4 aliphatic rings. The smallest absolute Gasteiger partial charge is 0.211 e. The Hall–Kier alpha value is -2.69. The van der Waals surface area contributed by atoms with Crippen molar-refractivity contribution in [2.24, 2.45) is 39.9 Å². The minimum Gasteiger partial charge on any atom is -0.496 e. The van der Waals surface area contributed by atoms with Gasteiger partial charge in [-0.05, 0) is 86.6 Å². The average molecular weight is 477 g/mol. The van der Waals surface area contributed by atoms with Crippen molar-refractivity contribution in [3.05, 3.63) is 47.2 Å². The van der Waals surface area contributed by atoms with E-state index in [0.717, 1.165) is 24.2 Å². The maximum Gasteiger partial charge on any atom is 0.211 e. The lowest BCUT2D eigenvalue weighted by atomic mass is 9.59. The molecule has 1 aromatic carbocycles. The maximum absolute atomic E-state index is 14.0. The van der Waals surface area contributed by atoms with Gasteiger partial charge < -0.3 is 14.3 Å². The number of fused-ring (bicyclic) bond motifs is 5. The van der Waals surface area contributed by atoms with Crippen LogP contribution in [0.4, 0.5) is 0 Å². The molecule has 0 spiro atoms. The molecule has 5 nitrogen and oxygen atoms in total. The molecule has 2 fully saturated rings. The van der Waals surface area contributed by atoms with Gasteiger partial charge in [0.05, 0.1) is 7.11 Å². The maximum atomic E-state index is 14.0. The fourth-order valence-electron chi connectivity index (χ4n) is 7.71. The number of hydrogen-bond acceptors (Lipinski definition) is 5. The molecule has 0 aliphatic heterocycles. The fourth-order valence-corrected chi connectivity index (χ4v) is 7.71. The van der Waals surface area contributed by atoms with Crippen LogP contribution < -0.4 is 9.47 Å². The van der Waals surface area contributed by atoms with E-state index in [9.17, 15) is 14.4 Å². The first-order valence-corrected chi connectivity index (χ1v) is 12.7. The molecular weight excluding hydrogens is 440 g/mol. The van der Waals surface area contributed by atoms with E-state index in [2.05, 4.69) is 26.8 Å². The summed E-state index contributed by atoms with van der Waals surface area (Å²) in [6.45, 7) is 12.1. The molecule has 6 atom stereocenters. The van der Waals surface area contributed by atoms with Gasteiger partial charge in [-0.15, -0.1) is 0 Å². The summed E-state index contributed by atoms with van der Waals surface area (Å²) >= 11 is 0. The summed E-state index contributed by atoms with van der Waals surface area (Å²) in [5.41, 5.74) is 0.533. The summed E-state index contributed by atoms with van der Waals surface area (Å²) in [5.74, 6) is 2.04. The lowest BCUT2D eigenvalue weighted by molar-refractivity contribution is -0.142. The van der Waals surface area contributed by atoms with Gasteiger partial charge in [0.15, 0.2) is 11.5 Å². The van der Waals surface area contributed by atoms with Gasteiger partial charge >= 0.3 is 0 Å². The highest BCUT2D eigenvalue weighted by Gasteiger charge is 2.75. The van der Waals surface area contributed by atoms with Crippen LogP contribution in [0.1, 0.15) is 59.4 Å². The highest BCUT2D eigenvalue weighted by Crippen LogP contribution is 2.75. The summed E-state index contributed by atoms with van der Waals surface area (Å²) in [6.07, 6.45) is 6.32. The zero-order chi connectivity index (χ0) is 25.5. The molecule has 0 unspecified atom stereocenters. The number of rotatable bonds is 7. The normalized spacial score (nSPS) is 36.4. The third-order valence-electron chi connectivity index (χ3n) is 10.00. The molecule has 2 saturated carbocycles. The molecule has 1 aromatic rings. The van der Waals surface area contributed by atoms with Gasteiger partial charge in [-0.1, -0.05) is 32.4 Å². The Morgan fingerprint density at radius 3 is 2.49 bits per heavy atom. The predicted octanol–water partition coefficient (Wildman–Crippen LogP) is 5.65. The second-order valence-corrected chi connectivity index (χ2v) is 12.0. The topological polar surface area (TPSA) is 69.7 Å². The summed E-state index contributed by atoms with van der Waals surface area (Å²) in [5, 5.41) is 0. The van der Waals surface area contributed by atoms with Crippen molar-refractivity contribution in [3.63, 3.8) is 0 Å². The van der Waals surface area contributed by atoms with Gasteiger partial charge in [-0.25, -0.2) is 0 Å². The summed E-state index contributed by atoms with van der Waals surface area (Å²) in [7, 11) is 1.62. The van der Waals surface area contributed by atoms with E-state index in [1.54, 1.807) is 26.2 Å². The van der Waals surface area contributed by atoms with E-state index < -0.39 is 10.8 Å². The Bertz CT molecular complexity index is 1200. The van der Waals surface area contributed by atoms with Crippen LogP contribution in [0.15, 0.2) is 41.7 Å². The highest BCUT2D eigenvalue weighted by atomic mass is 16.5.